The molecule has 0 nitrogen and oxygen atoms in total. The predicted molar refractivity (Wildman–Crippen MR) is 357 cm³/mol. The van der Waals surface area contributed by atoms with Gasteiger partial charge in [-0.1, -0.05) is 158 Å². The Balaban J connectivity index is 0.998. The van der Waals surface area contributed by atoms with Crippen molar-refractivity contribution in [3.8, 4) is 11.1 Å². The van der Waals surface area contributed by atoms with Gasteiger partial charge in [-0.15, -0.1) is 0 Å². The van der Waals surface area contributed by atoms with Gasteiger partial charge in [0.25, 0.3) is 0 Å². The van der Waals surface area contributed by atoms with Gasteiger partial charge in [0, 0.05) is 17.8 Å². The summed E-state index contributed by atoms with van der Waals surface area (Å²) >= 11 is 0. The lowest BCUT2D eigenvalue weighted by molar-refractivity contribution is 0.399. The number of fused-ring (bicyclic) bond motifs is 3. The van der Waals surface area contributed by atoms with E-state index in [-0.39, 0.29) is 5.92 Å². The van der Waals surface area contributed by atoms with Gasteiger partial charge in [0.2, 0.25) is 0 Å². The van der Waals surface area contributed by atoms with Gasteiger partial charge in [-0.3, -0.25) is 0 Å². The van der Waals surface area contributed by atoms with Gasteiger partial charge < -0.3 is 0 Å². The molecule has 4 aromatic rings. The van der Waals surface area contributed by atoms with E-state index in [0.717, 1.165) is 141 Å². The number of aryl methyl sites for hydroxylation is 1. The summed E-state index contributed by atoms with van der Waals surface area (Å²) in [7, 11) is 0. The highest BCUT2D eigenvalue weighted by Crippen LogP contribution is 2.53. The minimum Gasteiger partial charge on any atom is -0.0842 e. The summed E-state index contributed by atoms with van der Waals surface area (Å²) < 4.78 is 0. The zero-order chi connectivity index (χ0) is 55.2. The Labute approximate surface area is 498 Å². The van der Waals surface area contributed by atoms with Gasteiger partial charge in [-0.25, -0.2) is 0 Å². The molecule has 4 atom stereocenters. The third-order valence-corrected chi connectivity index (χ3v) is 21.9. The van der Waals surface area contributed by atoms with E-state index in [4.69, 9.17) is 0 Å². The zero-order valence-electron chi connectivity index (χ0n) is 49.2. The van der Waals surface area contributed by atoms with Gasteiger partial charge in [0.05, 0.1) is 0 Å². The van der Waals surface area contributed by atoms with Crippen molar-refractivity contribution in [2.45, 2.75) is 141 Å². The van der Waals surface area contributed by atoms with E-state index >= 15 is 0 Å². The van der Waals surface area contributed by atoms with Gasteiger partial charge in [0.15, 0.2) is 0 Å². The topological polar surface area (TPSA) is 0 Å². The Hall–Kier alpha value is -7.54. The molecule has 13 aliphatic rings. The first-order chi connectivity index (χ1) is 41.7. The van der Waals surface area contributed by atoms with Crippen molar-refractivity contribution in [2.75, 3.05) is 0 Å². The molecular weight excluding hydrogens is 1010 g/mol. The summed E-state index contributed by atoms with van der Waals surface area (Å²) in [4.78, 5) is 0. The van der Waals surface area contributed by atoms with E-state index in [1.807, 2.05) is 0 Å². The van der Waals surface area contributed by atoms with E-state index in [1.54, 1.807) is 78.0 Å². The van der Waals surface area contributed by atoms with E-state index in [2.05, 4.69) is 182 Å². The normalized spacial score (nSPS) is 25.6. The number of rotatable bonds is 8. The highest BCUT2D eigenvalue weighted by Gasteiger charge is 2.40. The molecule has 0 aliphatic heterocycles. The first-order valence-corrected chi connectivity index (χ1v) is 33.1. The fraction of sp³-hybridized carbons (Fsp3) is 0.310. The second-order valence-electron chi connectivity index (χ2n) is 26.6. The lowest BCUT2D eigenvalue weighted by Crippen LogP contribution is -2.33. The average molecular weight is 1090 g/mol. The van der Waals surface area contributed by atoms with Crippen LogP contribution in [0.3, 0.4) is 0 Å². The van der Waals surface area contributed by atoms with Crippen LogP contribution in [0.4, 0.5) is 0 Å². The summed E-state index contributed by atoms with van der Waals surface area (Å²) in [5.74, 6) is 1.31. The number of hydrogen-bond acceptors (Lipinski definition) is 0. The van der Waals surface area contributed by atoms with Gasteiger partial charge in [-0.05, 0) is 326 Å². The predicted octanol–water partition coefficient (Wildman–Crippen LogP) is 20.5. The van der Waals surface area contributed by atoms with Gasteiger partial charge >= 0.3 is 0 Å². The Morgan fingerprint density at radius 2 is 1.11 bits per heavy atom. The highest BCUT2D eigenvalue weighted by molar-refractivity contribution is 6.15. The quantitative estimate of drug-likeness (QED) is 0.154. The Bertz CT molecular complexity index is 4340. The number of allylic oxidation sites excluding steroid dienone is 35. The fourth-order valence-corrected chi connectivity index (χ4v) is 18.3. The van der Waals surface area contributed by atoms with E-state index in [9.17, 15) is 0 Å². The standard InChI is InChI=1S/C84H78/c1-5-21-53(22-6-1)71-41-37-57-29-13-17-33-67(57)79(71)63-45-61-46-64(80-68-34-18-14-30-58(68)38-42-72(80)54-23-7-2-8-24-54)51-77-78-52-66(82-70-36-20-16-32-60(70)40-44-74(82)56-27-11-4-12-28-56)48-62-47-65(50-76(84(62)78)75(49-63)83(61)77)81-69-35-19-15-31-59(69)39-43-73(81)55-25-9-3-10-26-55/h1,4-5,7,9,11,13,16,18-19,21,23-27,29,32,34-35,38-39,42-43,45-50,64,66,72,80H,2-3,6,8,10,12,14-15,17,20,22,28,30-31,33,36-37,40-41,44,51-52H2. The van der Waals surface area contributed by atoms with Crippen molar-refractivity contribution < 1.29 is 0 Å². The third kappa shape index (κ3) is 8.58. The molecule has 0 aromatic heterocycles. The first-order valence-electron chi connectivity index (χ1n) is 33.1. The Morgan fingerprint density at radius 1 is 0.440 bits per heavy atom. The fourth-order valence-electron chi connectivity index (χ4n) is 18.3. The van der Waals surface area contributed by atoms with Crippen LogP contribution in [-0.2, 0) is 19.3 Å². The molecule has 0 amide bonds. The number of hydrogen-bond donors (Lipinski definition) is 0. The molecule has 17 rings (SSSR count). The summed E-state index contributed by atoms with van der Waals surface area (Å²) in [6.07, 6.45) is 84.8. The van der Waals surface area contributed by atoms with Crippen LogP contribution in [0.1, 0.15) is 155 Å². The molecule has 0 fully saturated rings. The van der Waals surface area contributed by atoms with E-state index in [1.165, 1.54) is 76.5 Å². The summed E-state index contributed by atoms with van der Waals surface area (Å²) in [5, 5.41) is 8.94. The molecule has 13 aliphatic carbocycles. The number of benzene rings is 4. The molecule has 4 unspecified atom stereocenters. The second kappa shape index (κ2) is 21.2. The van der Waals surface area contributed by atoms with Crippen molar-refractivity contribution in [1.29, 1.82) is 0 Å². The monoisotopic (exact) mass is 1090 g/mol. The lowest BCUT2D eigenvalue weighted by atomic mass is 9.63. The van der Waals surface area contributed by atoms with E-state index in [0.29, 0.717) is 17.8 Å². The maximum absolute atomic E-state index is 2.86. The molecule has 0 bridgehead atoms. The SMILES string of the molecule is C1=CCCC(C2=C(c3cc4c5c(c6c7c(cc(-c8c(C9=CCCC=C9)ccc9c8C=CCC9)cc7c5c3)=CC(C3=C(C5=CC=CCC5)CCC5=C3CCC=C5)C6)CC(C3C5=C(C=CC3C3=CCCC=C3)CCC=C5)C=4)C3=C(C=CCC3)CC2)=C1. The minimum absolute atomic E-state index is 0.277. The van der Waals surface area contributed by atoms with Crippen LogP contribution in [0.2, 0.25) is 0 Å². The van der Waals surface area contributed by atoms with Gasteiger partial charge in [-0.2, -0.15) is 0 Å². The molecule has 0 heteroatoms. The van der Waals surface area contributed by atoms with Crippen LogP contribution in [0, 0.1) is 23.7 Å². The average Bonchev–Trinajstić information content (AvgIpc) is 1.63. The Kier molecular flexibility index (Phi) is 12.9. The van der Waals surface area contributed by atoms with Crippen LogP contribution in [0.25, 0.3) is 62.0 Å². The maximum atomic E-state index is 2.86. The lowest BCUT2D eigenvalue weighted by Gasteiger charge is -2.40. The molecule has 4 aromatic carbocycles. The smallest absolute Gasteiger partial charge is 0.00925 e. The molecule has 0 saturated carbocycles. The van der Waals surface area contributed by atoms with Crippen LogP contribution in [0.15, 0.2) is 231 Å². The van der Waals surface area contributed by atoms with Crippen LogP contribution in [-0.4, -0.2) is 0 Å². The highest BCUT2D eigenvalue weighted by atomic mass is 14.4. The van der Waals surface area contributed by atoms with Crippen molar-refractivity contribution in [3.63, 3.8) is 0 Å². The first kappa shape index (κ1) is 50.9. The van der Waals surface area contributed by atoms with Gasteiger partial charge in [0.1, 0.15) is 0 Å². The zero-order valence-corrected chi connectivity index (χ0v) is 49.2. The molecule has 0 heterocycles. The van der Waals surface area contributed by atoms with Crippen LogP contribution in [0.5, 0.6) is 0 Å². The summed E-state index contributed by atoms with van der Waals surface area (Å²) in [5.41, 5.74) is 34.0. The van der Waals surface area contributed by atoms with Crippen molar-refractivity contribution >= 4 is 50.9 Å². The molecule has 0 radical (unpaired) electrons. The van der Waals surface area contributed by atoms with Crippen molar-refractivity contribution in [3.05, 3.63) is 275 Å². The third-order valence-electron chi connectivity index (χ3n) is 21.9. The van der Waals surface area contributed by atoms with Crippen molar-refractivity contribution in [2.24, 2.45) is 23.7 Å². The Morgan fingerprint density at radius 3 is 1.89 bits per heavy atom. The van der Waals surface area contributed by atoms with Crippen molar-refractivity contribution in [1.82, 2.24) is 0 Å². The molecule has 0 N–H and O–H groups in total. The van der Waals surface area contributed by atoms with Crippen LogP contribution >= 0.6 is 0 Å². The molecular formula is C84H78. The second-order valence-corrected chi connectivity index (χ2v) is 26.6. The largest absolute Gasteiger partial charge is 0.0842 e. The maximum Gasteiger partial charge on any atom is 0.00925 e. The molecule has 0 spiro atoms. The summed E-state index contributed by atoms with van der Waals surface area (Å²) in [6.45, 7) is 0. The summed E-state index contributed by atoms with van der Waals surface area (Å²) in [6, 6.07) is 15.9. The van der Waals surface area contributed by atoms with E-state index < -0.39 is 0 Å². The molecule has 0 saturated heterocycles. The molecule has 84 heavy (non-hydrogen) atoms. The minimum atomic E-state index is 0.277. The molecule has 414 valence electrons. The van der Waals surface area contributed by atoms with Crippen LogP contribution < -0.4 is 10.4 Å².